The molecule has 0 heterocycles. The van der Waals surface area contributed by atoms with E-state index in [0.29, 0.717) is 16.8 Å². The standard InChI is InChI=1S/C19H24N2O3S/c1-12(2)20-19(22)16-7-6-15(5)18(11-16)25(23,24)21-17-9-13(3)8-14(4)10-17/h6-12,21H,1-5H3,(H,20,22). The number of rotatable bonds is 5. The van der Waals surface area contributed by atoms with Crippen LogP contribution in [0.4, 0.5) is 5.69 Å². The molecule has 0 atom stereocenters. The molecule has 0 aliphatic heterocycles. The van der Waals surface area contributed by atoms with E-state index in [1.54, 1.807) is 31.2 Å². The van der Waals surface area contributed by atoms with Gasteiger partial charge in [0.2, 0.25) is 0 Å². The molecule has 2 aromatic carbocycles. The van der Waals surface area contributed by atoms with Crippen LogP contribution in [0.15, 0.2) is 41.3 Å². The van der Waals surface area contributed by atoms with Crippen LogP contribution in [0.1, 0.15) is 40.9 Å². The van der Waals surface area contributed by atoms with Crippen LogP contribution in [0.5, 0.6) is 0 Å². The minimum absolute atomic E-state index is 0.0257. The summed E-state index contributed by atoms with van der Waals surface area (Å²) < 4.78 is 28.2. The number of amides is 1. The van der Waals surface area contributed by atoms with Gasteiger partial charge in [0, 0.05) is 17.3 Å². The SMILES string of the molecule is Cc1cc(C)cc(NS(=O)(=O)c2cc(C(=O)NC(C)C)ccc2C)c1. The first-order chi connectivity index (χ1) is 11.6. The molecule has 2 aromatic rings. The molecule has 134 valence electrons. The Labute approximate surface area is 149 Å². The minimum atomic E-state index is -3.79. The lowest BCUT2D eigenvalue weighted by Crippen LogP contribution is -2.30. The van der Waals surface area contributed by atoms with Crippen LogP contribution in [0.2, 0.25) is 0 Å². The molecule has 0 saturated heterocycles. The molecular formula is C19H24N2O3S. The van der Waals surface area contributed by atoms with Crippen LogP contribution in [0.25, 0.3) is 0 Å². The van der Waals surface area contributed by atoms with Crippen molar-refractivity contribution in [2.24, 2.45) is 0 Å². The van der Waals surface area contributed by atoms with Crippen molar-refractivity contribution in [1.29, 1.82) is 0 Å². The Morgan fingerprint density at radius 3 is 2.12 bits per heavy atom. The summed E-state index contributed by atoms with van der Waals surface area (Å²) in [7, 11) is -3.79. The highest BCUT2D eigenvalue weighted by molar-refractivity contribution is 7.92. The van der Waals surface area contributed by atoms with Gasteiger partial charge in [0.05, 0.1) is 4.90 Å². The summed E-state index contributed by atoms with van der Waals surface area (Å²) in [5, 5.41) is 2.77. The Kier molecular flexibility index (Phi) is 5.52. The highest BCUT2D eigenvalue weighted by Gasteiger charge is 2.20. The summed E-state index contributed by atoms with van der Waals surface area (Å²) >= 11 is 0. The Morgan fingerprint density at radius 1 is 0.960 bits per heavy atom. The lowest BCUT2D eigenvalue weighted by atomic mass is 10.1. The Bertz CT molecular complexity index is 883. The molecule has 2 rings (SSSR count). The monoisotopic (exact) mass is 360 g/mol. The summed E-state index contributed by atoms with van der Waals surface area (Å²) in [6.45, 7) is 9.23. The summed E-state index contributed by atoms with van der Waals surface area (Å²) in [5.41, 5.74) is 3.35. The fourth-order valence-electron chi connectivity index (χ4n) is 2.62. The zero-order valence-electron chi connectivity index (χ0n) is 15.2. The number of nitrogens with one attached hydrogen (secondary N) is 2. The Hall–Kier alpha value is -2.34. The molecule has 25 heavy (non-hydrogen) atoms. The second kappa shape index (κ2) is 7.27. The number of carbonyl (C=O) groups excluding carboxylic acids is 1. The van der Waals surface area contributed by atoms with Gasteiger partial charge < -0.3 is 5.32 Å². The van der Waals surface area contributed by atoms with Crippen LogP contribution in [-0.2, 0) is 10.0 Å². The molecule has 0 spiro atoms. The van der Waals surface area contributed by atoms with Crippen molar-refractivity contribution < 1.29 is 13.2 Å². The molecule has 0 saturated carbocycles. The lowest BCUT2D eigenvalue weighted by Gasteiger charge is -2.14. The molecule has 0 aromatic heterocycles. The number of anilines is 1. The Morgan fingerprint density at radius 2 is 1.56 bits per heavy atom. The number of hydrogen-bond donors (Lipinski definition) is 2. The third-order valence-corrected chi connectivity index (χ3v) is 5.16. The first-order valence-electron chi connectivity index (χ1n) is 8.11. The minimum Gasteiger partial charge on any atom is -0.350 e. The molecule has 0 aliphatic rings. The van der Waals surface area contributed by atoms with Crippen LogP contribution < -0.4 is 10.0 Å². The molecule has 5 nitrogen and oxygen atoms in total. The first-order valence-corrected chi connectivity index (χ1v) is 9.59. The van der Waals surface area contributed by atoms with E-state index in [0.717, 1.165) is 11.1 Å². The highest BCUT2D eigenvalue weighted by atomic mass is 32.2. The summed E-state index contributed by atoms with van der Waals surface area (Å²) in [6.07, 6.45) is 0. The molecule has 0 unspecified atom stereocenters. The quantitative estimate of drug-likeness (QED) is 0.856. The number of aryl methyl sites for hydroxylation is 3. The average Bonchev–Trinajstić information content (AvgIpc) is 2.44. The maximum Gasteiger partial charge on any atom is 0.262 e. The van der Waals surface area contributed by atoms with Gasteiger partial charge in [-0.1, -0.05) is 12.1 Å². The molecule has 0 aliphatic carbocycles. The third kappa shape index (κ3) is 4.82. The predicted molar refractivity (Wildman–Crippen MR) is 101 cm³/mol. The van der Waals surface area contributed by atoms with Gasteiger partial charge in [-0.05, 0) is 75.6 Å². The van der Waals surface area contributed by atoms with E-state index in [2.05, 4.69) is 10.0 Å². The van der Waals surface area contributed by atoms with Crippen molar-refractivity contribution in [3.8, 4) is 0 Å². The van der Waals surface area contributed by atoms with Gasteiger partial charge in [-0.15, -0.1) is 0 Å². The fraction of sp³-hybridized carbons (Fsp3) is 0.316. The molecule has 0 fully saturated rings. The van der Waals surface area contributed by atoms with E-state index in [4.69, 9.17) is 0 Å². The third-order valence-electron chi connectivity index (χ3n) is 3.63. The van der Waals surface area contributed by atoms with Crippen molar-refractivity contribution in [3.63, 3.8) is 0 Å². The van der Waals surface area contributed by atoms with Gasteiger partial charge in [0.1, 0.15) is 0 Å². The van der Waals surface area contributed by atoms with Gasteiger partial charge in [-0.25, -0.2) is 8.42 Å². The predicted octanol–water partition coefficient (Wildman–Crippen LogP) is 3.55. The molecule has 0 bridgehead atoms. The van der Waals surface area contributed by atoms with Crippen molar-refractivity contribution in [1.82, 2.24) is 5.32 Å². The van der Waals surface area contributed by atoms with Crippen LogP contribution in [0.3, 0.4) is 0 Å². The van der Waals surface area contributed by atoms with Gasteiger partial charge in [0.15, 0.2) is 0 Å². The van der Waals surface area contributed by atoms with Crippen LogP contribution in [-0.4, -0.2) is 20.4 Å². The highest BCUT2D eigenvalue weighted by Crippen LogP contribution is 2.22. The van der Waals surface area contributed by atoms with E-state index in [1.165, 1.54) is 6.07 Å². The van der Waals surface area contributed by atoms with Crippen molar-refractivity contribution in [2.75, 3.05) is 4.72 Å². The van der Waals surface area contributed by atoms with Gasteiger partial charge in [-0.3, -0.25) is 9.52 Å². The first kappa shape index (κ1) is 19.0. The van der Waals surface area contributed by atoms with E-state index >= 15 is 0 Å². The van der Waals surface area contributed by atoms with E-state index in [9.17, 15) is 13.2 Å². The fourth-order valence-corrected chi connectivity index (χ4v) is 3.93. The van der Waals surface area contributed by atoms with E-state index < -0.39 is 10.0 Å². The van der Waals surface area contributed by atoms with Crippen molar-refractivity contribution in [3.05, 3.63) is 58.7 Å². The second-order valence-corrected chi connectivity index (χ2v) is 8.24. The van der Waals surface area contributed by atoms with E-state index in [-0.39, 0.29) is 16.8 Å². The lowest BCUT2D eigenvalue weighted by molar-refractivity contribution is 0.0943. The Balaban J connectivity index is 2.39. The summed E-state index contributed by atoms with van der Waals surface area (Å²) in [6, 6.07) is 10.2. The van der Waals surface area contributed by atoms with Crippen LogP contribution >= 0.6 is 0 Å². The number of benzene rings is 2. The molecule has 6 heteroatoms. The average molecular weight is 360 g/mol. The van der Waals surface area contributed by atoms with Crippen LogP contribution in [0, 0.1) is 20.8 Å². The maximum atomic E-state index is 12.8. The van der Waals surface area contributed by atoms with Gasteiger partial charge in [0.25, 0.3) is 15.9 Å². The van der Waals surface area contributed by atoms with E-state index in [1.807, 2.05) is 33.8 Å². The van der Waals surface area contributed by atoms with Gasteiger partial charge >= 0.3 is 0 Å². The number of hydrogen-bond acceptors (Lipinski definition) is 3. The molecule has 0 radical (unpaired) electrons. The largest absolute Gasteiger partial charge is 0.350 e. The van der Waals surface area contributed by atoms with Crippen molar-refractivity contribution >= 4 is 21.6 Å². The smallest absolute Gasteiger partial charge is 0.262 e. The zero-order chi connectivity index (χ0) is 18.8. The normalized spacial score (nSPS) is 11.4. The molecular weight excluding hydrogens is 336 g/mol. The summed E-state index contributed by atoms with van der Waals surface area (Å²) in [4.78, 5) is 12.3. The zero-order valence-corrected chi connectivity index (χ0v) is 16.0. The molecule has 2 N–H and O–H groups in total. The van der Waals surface area contributed by atoms with Gasteiger partial charge in [-0.2, -0.15) is 0 Å². The maximum absolute atomic E-state index is 12.8. The number of carbonyl (C=O) groups is 1. The second-order valence-electron chi connectivity index (χ2n) is 6.59. The summed E-state index contributed by atoms with van der Waals surface area (Å²) in [5.74, 6) is -0.294. The van der Waals surface area contributed by atoms with Crippen molar-refractivity contribution in [2.45, 2.75) is 45.6 Å². The number of sulfonamides is 1. The molecule has 1 amide bonds. The topological polar surface area (TPSA) is 75.3 Å².